The van der Waals surface area contributed by atoms with E-state index in [-0.39, 0.29) is 17.7 Å². The predicted molar refractivity (Wildman–Crippen MR) is 114 cm³/mol. The summed E-state index contributed by atoms with van der Waals surface area (Å²) in [6.07, 6.45) is 15.4. The highest BCUT2D eigenvalue weighted by Gasteiger charge is 2.30. The highest BCUT2D eigenvalue weighted by atomic mass is 16.2. The normalized spacial score (nSPS) is 17.1. The summed E-state index contributed by atoms with van der Waals surface area (Å²) in [6.45, 7) is 9.30. The zero-order chi connectivity index (χ0) is 19.9. The summed E-state index contributed by atoms with van der Waals surface area (Å²) in [5, 5.41) is 0. The van der Waals surface area contributed by atoms with Gasteiger partial charge in [-0.15, -0.1) is 0 Å². The highest BCUT2D eigenvalue weighted by molar-refractivity contribution is 5.81. The van der Waals surface area contributed by atoms with Crippen molar-refractivity contribution in [2.75, 3.05) is 26.2 Å². The van der Waals surface area contributed by atoms with Crippen LogP contribution in [-0.2, 0) is 9.59 Å². The van der Waals surface area contributed by atoms with Crippen molar-refractivity contribution in [3.05, 3.63) is 0 Å². The summed E-state index contributed by atoms with van der Waals surface area (Å²) in [5.41, 5.74) is 0. The lowest BCUT2D eigenvalue weighted by molar-refractivity contribution is -0.140. The van der Waals surface area contributed by atoms with Crippen molar-refractivity contribution in [2.24, 2.45) is 5.92 Å². The third-order valence-electron chi connectivity index (χ3n) is 5.94. The van der Waals surface area contributed by atoms with Gasteiger partial charge in [-0.1, -0.05) is 64.7 Å². The molecule has 0 aromatic carbocycles. The van der Waals surface area contributed by atoms with E-state index >= 15 is 0 Å². The summed E-state index contributed by atoms with van der Waals surface area (Å²) in [4.78, 5) is 28.9. The van der Waals surface area contributed by atoms with Crippen LogP contribution < -0.4 is 0 Å². The third-order valence-corrected chi connectivity index (χ3v) is 5.94. The Morgan fingerprint density at radius 3 is 1.96 bits per heavy atom. The topological polar surface area (TPSA) is 40.6 Å². The van der Waals surface area contributed by atoms with Crippen LogP contribution in [0.1, 0.15) is 104 Å². The Morgan fingerprint density at radius 1 is 0.852 bits per heavy atom. The average molecular weight is 381 g/mol. The van der Waals surface area contributed by atoms with Crippen LogP contribution in [0.25, 0.3) is 0 Å². The number of nitrogens with zero attached hydrogens (tertiary/aromatic N) is 2. The van der Waals surface area contributed by atoms with E-state index < -0.39 is 0 Å². The molecule has 4 nitrogen and oxygen atoms in total. The Bertz CT molecular complexity index is 407. The van der Waals surface area contributed by atoms with Crippen LogP contribution in [0.5, 0.6) is 0 Å². The van der Waals surface area contributed by atoms with Gasteiger partial charge in [-0.2, -0.15) is 0 Å². The van der Waals surface area contributed by atoms with Crippen molar-refractivity contribution in [1.29, 1.82) is 0 Å². The van der Waals surface area contributed by atoms with Crippen molar-refractivity contribution >= 4 is 11.8 Å². The van der Waals surface area contributed by atoms with Gasteiger partial charge in [0.2, 0.25) is 11.8 Å². The zero-order valence-electron chi connectivity index (χ0n) is 18.3. The second-order valence-corrected chi connectivity index (χ2v) is 8.12. The summed E-state index contributed by atoms with van der Waals surface area (Å²) in [7, 11) is 0. The van der Waals surface area contributed by atoms with Crippen molar-refractivity contribution in [2.45, 2.75) is 104 Å². The number of piperidine rings is 1. The molecule has 0 aromatic heterocycles. The molecular weight excluding hydrogens is 336 g/mol. The average Bonchev–Trinajstić information content (AvgIpc) is 2.70. The van der Waals surface area contributed by atoms with Crippen molar-refractivity contribution in [3.63, 3.8) is 0 Å². The second-order valence-electron chi connectivity index (χ2n) is 8.12. The SMILES string of the molecule is CCCCCCCCCCCCC(=O)N1CCCC(C(=O)N(CC)CC)C1. The maximum Gasteiger partial charge on any atom is 0.227 e. The largest absolute Gasteiger partial charge is 0.343 e. The van der Waals surface area contributed by atoms with Crippen LogP contribution in [0.3, 0.4) is 0 Å². The van der Waals surface area contributed by atoms with Gasteiger partial charge in [0.1, 0.15) is 0 Å². The maximum absolute atomic E-state index is 12.6. The molecule has 0 radical (unpaired) electrons. The first-order valence-corrected chi connectivity index (χ1v) is 11.7. The number of hydrogen-bond donors (Lipinski definition) is 0. The van der Waals surface area contributed by atoms with Gasteiger partial charge >= 0.3 is 0 Å². The zero-order valence-corrected chi connectivity index (χ0v) is 18.3. The molecule has 0 N–H and O–H groups in total. The van der Waals surface area contributed by atoms with Gasteiger partial charge < -0.3 is 9.80 Å². The van der Waals surface area contributed by atoms with Gasteiger partial charge in [-0.3, -0.25) is 9.59 Å². The molecule has 1 heterocycles. The monoisotopic (exact) mass is 380 g/mol. The molecular formula is C23H44N2O2. The Hall–Kier alpha value is -1.06. The molecule has 27 heavy (non-hydrogen) atoms. The molecule has 2 amide bonds. The van der Waals surface area contributed by atoms with E-state index in [4.69, 9.17) is 0 Å². The molecule has 1 aliphatic heterocycles. The molecule has 4 heteroatoms. The summed E-state index contributed by atoms with van der Waals surface area (Å²) < 4.78 is 0. The van der Waals surface area contributed by atoms with Crippen molar-refractivity contribution in [1.82, 2.24) is 9.80 Å². The molecule has 1 rings (SSSR count). The second kappa shape index (κ2) is 14.9. The number of likely N-dealkylation sites (tertiary alicyclic amines) is 1. The van der Waals surface area contributed by atoms with Crippen molar-refractivity contribution < 1.29 is 9.59 Å². The fraction of sp³-hybridized carbons (Fsp3) is 0.913. The van der Waals surface area contributed by atoms with Crippen LogP contribution in [0.4, 0.5) is 0 Å². The molecule has 1 saturated heterocycles. The molecule has 0 aliphatic carbocycles. The van der Waals surface area contributed by atoms with Gasteiger partial charge in [-0.25, -0.2) is 0 Å². The van der Waals surface area contributed by atoms with E-state index in [9.17, 15) is 9.59 Å². The van der Waals surface area contributed by atoms with E-state index in [0.29, 0.717) is 13.0 Å². The Balaban J connectivity index is 2.15. The molecule has 0 spiro atoms. The maximum atomic E-state index is 12.6. The summed E-state index contributed by atoms with van der Waals surface area (Å²) in [5.74, 6) is 0.498. The number of carbonyl (C=O) groups excluding carboxylic acids is 2. The predicted octanol–water partition coefficient (Wildman–Crippen LogP) is 5.40. The lowest BCUT2D eigenvalue weighted by atomic mass is 9.96. The molecule has 1 unspecified atom stereocenters. The van der Waals surface area contributed by atoms with Gasteiger partial charge in [0, 0.05) is 32.6 Å². The molecule has 0 saturated carbocycles. The Morgan fingerprint density at radius 2 is 1.41 bits per heavy atom. The van der Waals surface area contributed by atoms with Crippen LogP contribution >= 0.6 is 0 Å². The molecule has 0 aromatic rings. The quantitative estimate of drug-likeness (QED) is 0.378. The first-order chi connectivity index (χ1) is 13.1. The van der Waals surface area contributed by atoms with Gasteiger partial charge in [0.05, 0.1) is 5.92 Å². The number of unbranched alkanes of at least 4 members (excludes halogenated alkanes) is 9. The molecule has 1 atom stereocenters. The number of amides is 2. The number of hydrogen-bond acceptors (Lipinski definition) is 2. The smallest absolute Gasteiger partial charge is 0.227 e. The standard InChI is InChI=1S/C23H44N2O2/c1-4-7-8-9-10-11-12-13-14-15-18-22(26)25-19-16-17-21(20-25)23(27)24(5-2)6-3/h21H,4-20H2,1-3H3. The van der Waals surface area contributed by atoms with Gasteiger partial charge in [-0.05, 0) is 33.1 Å². The van der Waals surface area contributed by atoms with Crippen LogP contribution in [0.2, 0.25) is 0 Å². The van der Waals surface area contributed by atoms with Gasteiger partial charge in [0.15, 0.2) is 0 Å². The minimum atomic E-state index is 0.00954. The van der Waals surface area contributed by atoms with Crippen LogP contribution in [0.15, 0.2) is 0 Å². The van der Waals surface area contributed by atoms with E-state index in [1.54, 1.807) is 0 Å². The number of rotatable bonds is 14. The Labute approximate surface area is 168 Å². The summed E-state index contributed by atoms with van der Waals surface area (Å²) in [6, 6.07) is 0. The fourth-order valence-corrected chi connectivity index (χ4v) is 4.12. The molecule has 0 bridgehead atoms. The number of carbonyl (C=O) groups is 2. The fourth-order valence-electron chi connectivity index (χ4n) is 4.12. The van der Waals surface area contributed by atoms with E-state index in [1.165, 1.54) is 51.4 Å². The lowest BCUT2D eigenvalue weighted by Gasteiger charge is -2.34. The minimum Gasteiger partial charge on any atom is -0.343 e. The highest BCUT2D eigenvalue weighted by Crippen LogP contribution is 2.20. The van der Waals surface area contributed by atoms with E-state index in [2.05, 4.69) is 6.92 Å². The van der Waals surface area contributed by atoms with E-state index in [0.717, 1.165) is 45.3 Å². The summed E-state index contributed by atoms with van der Waals surface area (Å²) >= 11 is 0. The molecule has 158 valence electrons. The van der Waals surface area contributed by atoms with Crippen molar-refractivity contribution in [3.8, 4) is 0 Å². The third kappa shape index (κ3) is 9.62. The van der Waals surface area contributed by atoms with Crippen LogP contribution in [0, 0.1) is 5.92 Å². The first kappa shape index (κ1) is 24.0. The molecule has 1 fully saturated rings. The Kier molecular flexibility index (Phi) is 13.3. The first-order valence-electron chi connectivity index (χ1n) is 11.7. The van der Waals surface area contributed by atoms with Crippen LogP contribution in [-0.4, -0.2) is 47.8 Å². The lowest BCUT2D eigenvalue weighted by Crippen LogP contribution is -2.46. The minimum absolute atomic E-state index is 0.00954. The molecule has 1 aliphatic rings. The van der Waals surface area contributed by atoms with Gasteiger partial charge in [0.25, 0.3) is 0 Å². The van der Waals surface area contributed by atoms with E-state index in [1.807, 2.05) is 23.6 Å².